The summed E-state index contributed by atoms with van der Waals surface area (Å²) in [6, 6.07) is 23.2. The van der Waals surface area contributed by atoms with E-state index in [1.54, 1.807) is 91.0 Å². The molecule has 6 N–H and O–H groups in total. The van der Waals surface area contributed by atoms with Crippen LogP contribution in [0.3, 0.4) is 0 Å². The van der Waals surface area contributed by atoms with Gasteiger partial charge in [0.2, 0.25) is 0 Å². The second-order valence-electron chi connectivity index (χ2n) is 18.9. The van der Waals surface area contributed by atoms with Crippen LogP contribution in [-0.2, 0) is 52.1 Å². The van der Waals surface area contributed by atoms with Crippen molar-refractivity contribution in [1.82, 2.24) is 0 Å². The number of carbonyl (C=O) groups is 3. The van der Waals surface area contributed by atoms with Gasteiger partial charge in [0.05, 0.1) is 29.3 Å². The fourth-order valence-electron chi connectivity index (χ4n) is 10.8. The van der Waals surface area contributed by atoms with Crippen LogP contribution in [0, 0.1) is 0 Å². The molecular weight excluding hydrogens is 867 g/mol. The van der Waals surface area contributed by atoms with Crippen molar-refractivity contribution in [3.63, 3.8) is 0 Å². The van der Waals surface area contributed by atoms with E-state index in [2.05, 4.69) is 0 Å². The highest BCUT2D eigenvalue weighted by Crippen LogP contribution is 2.47. The highest BCUT2D eigenvalue weighted by atomic mass is 16.8. The normalized spacial score (nSPS) is 36.4. The fourth-order valence-corrected chi connectivity index (χ4v) is 10.8. The SMILES string of the molecule is NC1CC(N)C2OC3(CCCCC3)OC2C1OC1OC2COC3(CCCCC3)OC2C(OC2OC(COC(=O)c3ccccc3)C(OC(=O)c3ccccc3)C2OC(=O)c2ccccc2)C1N. The van der Waals surface area contributed by atoms with Crippen LogP contribution in [0.1, 0.15) is 102 Å². The summed E-state index contributed by atoms with van der Waals surface area (Å²) < 4.78 is 72.1. The van der Waals surface area contributed by atoms with Crippen LogP contribution in [0.4, 0.5) is 0 Å². The largest absolute Gasteiger partial charge is 0.459 e. The molecule has 0 aromatic heterocycles. The standard InChI is InChI=1S/C50H61N3O14/c51-32-26-33(52)38-42(67-50(65-38)24-14-5-15-25-50)37(32)63-47-36(53)41(40-35(59-47)28-58-49(66-40)22-12-4-13-23-49)64-48-43(62-46(56)31-20-10-3-11-21-31)39(61-45(55)30-18-8-2-9-19-30)34(60-48)27-57-44(54)29-16-6-1-7-17-29/h1-3,6-11,16-21,32-43,47-48H,4-5,12-15,22-28,51-53H2. The molecule has 4 aliphatic heterocycles. The van der Waals surface area contributed by atoms with Gasteiger partial charge in [-0.2, -0.15) is 0 Å². The lowest BCUT2D eigenvalue weighted by atomic mass is 9.84. The molecule has 360 valence electrons. The van der Waals surface area contributed by atoms with E-state index in [4.69, 9.17) is 69.3 Å². The van der Waals surface area contributed by atoms with Crippen LogP contribution in [0.25, 0.3) is 0 Å². The molecule has 3 aromatic carbocycles. The predicted molar refractivity (Wildman–Crippen MR) is 236 cm³/mol. The Bertz CT molecular complexity index is 2160. The molecule has 0 bridgehead atoms. The third-order valence-corrected chi connectivity index (χ3v) is 14.3. The number of hydrogen-bond donors (Lipinski definition) is 3. The summed E-state index contributed by atoms with van der Waals surface area (Å²) in [7, 11) is 0. The molecule has 14 atom stereocenters. The van der Waals surface area contributed by atoms with Crippen molar-refractivity contribution in [3.05, 3.63) is 108 Å². The summed E-state index contributed by atoms with van der Waals surface area (Å²) in [5.41, 5.74) is 21.5. The second kappa shape index (κ2) is 19.9. The molecule has 3 aromatic rings. The molecule has 67 heavy (non-hydrogen) atoms. The summed E-state index contributed by atoms with van der Waals surface area (Å²) >= 11 is 0. The van der Waals surface area contributed by atoms with Gasteiger partial charge in [-0.15, -0.1) is 0 Å². The van der Waals surface area contributed by atoms with Crippen LogP contribution >= 0.6 is 0 Å². The topological polar surface area (TPSA) is 231 Å². The zero-order valence-electron chi connectivity index (χ0n) is 37.4. The maximum Gasteiger partial charge on any atom is 0.338 e. The molecule has 7 aliphatic rings. The lowest BCUT2D eigenvalue weighted by Gasteiger charge is -2.53. The highest BCUT2D eigenvalue weighted by Gasteiger charge is 2.61. The van der Waals surface area contributed by atoms with Crippen molar-refractivity contribution < 1.29 is 66.5 Å². The zero-order chi connectivity index (χ0) is 46.1. The summed E-state index contributed by atoms with van der Waals surface area (Å²) in [4.78, 5) is 41.2. The molecule has 3 aliphatic carbocycles. The van der Waals surface area contributed by atoms with E-state index in [1.165, 1.54) is 0 Å². The number of hydrogen-bond acceptors (Lipinski definition) is 17. The average molecular weight is 928 g/mol. The van der Waals surface area contributed by atoms with Crippen LogP contribution in [0.15, 0.2) is 91.0 Å². The fraction of sp³-hybridized carbons (Fsp3) is 0.580. The van der Waals surface area contributed by atoms with Gasteiger partial charge in [0.15, 0.2) is 36.4 Å². The van der Waals surface area contributed by atoms with Crippen LogP contribution < -0.4 is 17.2 Å². The minimum atomic E-state index is -1.46. The van der Waals surface area contributed by atoms with E-state index in [0.29, 0.717) is 24.8 Å². The van der Waals surface area contributed by atoms with Gasteiger partial charge in [-0.3, -0.25) is 0 Å². The molecule has 10 rings (SSSR count). The van der Waals surface area contributed by atoms with Gasteiger partial charge in [0.1, 0.15) is 49.3 Å². The molecule has 2 spiro atoms. The third kappa shape index (κ3) is 9.79. The molecule has 0 amide bonds. The highest BCUT2D eigenvalue weighted by molar-refractivity contribution is 5.91. The number of fused-ring (bicyclic) bond motifs is 2. The maximum atomic E-state index is 14.0. The van der Waals surface area contributed by atoms with Gasteiger partial charge < -0.3 is 69.3 Å². The van der Waals surface area contributed by atoms with Crippen molar-refractivity contribution in [2.24, 2.45) is 17.2 Å². The minimum absolute atomic E-state index is 0.140. The lowest BCUT2D eigenvalue weighted by molar-refractivity contribution is -0.398. The van der Waals surface area contributed by atoms with Gasteiger partial charge >= 0.3 is 17.9 Å². The van der Waals surface area contributed by atoms with E-state index in [0.717, 1.165) is 51.4 Å². The quantitative estimate of drug-likeness (QED) is 0.179. The molecular formula is C50H61N3O14. The number of carbonyl (C=O) groups excluding carboxylic acids is 3. The van der Waals surface area contributed by atoms with Gasteiger partial charge in [0, 0.05) is 37.8 Å². The summed E-state index contributed by atoms with van der Waals surface area (Å²) in [5.74, 6) is -3.78. The first-order valence-corrected chi connectivity index (χ1v) is 23.9. The first kappa shape index (κ1) is 46.4. The van der Waals surface area contributed by atoms with E-state index < -0.39 is 116 Å². The van der Waals surface area contributed by atoms with E-state index in [9.17, 15) is 14.4 Å². The Labute approximate surface area is 389 Å². The molecule has 4 saturated heterocycles. The molecule has 17 nitrogen and oxygen atoms in total. The number of rotatable bonds is 11. The monoisotopic (exact) mass is 927 g/mol. The second-order valence-corrected chi connectivity index (χ2v) is 18.9. The number of ether oxygens (including phenoxy) is 11. The third-order valence-electron chi connectivity index (χ3n) is 14.3. The number of nitrogens with two attached hydrogens (primary N) is 3. The Morgan fingerprint density at radius 1 is 0.537 bits per heavy atom. The average Bonchev–Trinajstić information content (AvgIpc) is 3.88. The molecule has 14 unspecified atom stereocenters. The van der Waals surface area contributed by atoms with Crippen LogP contribution in [0.2, 0.25) is 0 Å². The maximum absolute atomic E-state index is 14.0. The van der Waals surface area contributed by atoms with Crippen molar-refractivity contribution in [3.8, 4) is 0 Å². The zero-order valence-corrected chi connectivity index (χ0v) is 37.4. The van der Waals surface area contributed by atoms with Crippen molar-refractivity contribution in [2.75, 3.05) is 13.2 Å². The predicted octanol–water partition coefficient (Wildman–Crippen LogP) is 4.42. The minimum Gasteiger partial charge on any atom is -0.459 e. The first-order valence-electron chi connectivity index (χ1n) is 23.9. The van der Waals surface area contributed by atoms with Gasteiger partial charge in [-0.1, -0.05) is 67.4 Å². The van der Waals surface area contributed by atoms with Gasteiger partial charge in [-0.05, 0) is 68.5 Å². The van der Waals surface area contributed by atoms with Gasteiger partial charge in [-0.25, -0.2) is 14.4 Å². The van der Waals surface area contributed by atoms with Gasteiger partial charge in [0.25, 0.3) is 0 Å². The van der Waals surface area contributed by atoms with Crippen molar-refractivity contribution in [2.45, 2.75) is 168 Å². The van der Waals surface area contributed by atoms with Crippen molar-refractivity contribution in [1.29, 1.82) is 0 Å². The Kier molecular flexibility index (Phi) is 13.8. The Morgan fingerprint density at radius 3 is 1.67 bits per heavy atom. The summed E-state index contributed by atoms with van der Waals surface area (Å²) in [6.45, 7) is -0.264. The van der Waals surface area contributed by atoms with Crippen LogP contribution in [-0.4, -0.2) is 128 Å². The number of esters is 3. The Hall–Kier alpha value is -4.37. The molecule has 17 heteroatoms. The Balaban J connectivity index is 0.973. The van der Waals surface area contributed by atoms with E-state index >= 15 is 0 Å². The first-order chi connectivity index (χ1) is 32.6. The van der Waals surface area contributed by atoms with E-state index in [1.807, 2.05) is 0 Å². The smallest absolute Gasteiger partial charge is 0.338 e. The molecule has 7 fully saturated rings. The summed E-state index contributed by atoms with van der Waals surface area (Å²) in [6.07, 6.45) is -1.84. The molecule has 3 saturated carbocycles. The van der Waals surface area contributed by atoms with Crippen molar-refractivity contribution >= 4 is 17.9 Å². The lowest BCUT2D eigenvalue weighted by Crippen LogP contribution is -2.70. The molecule has 4 heterocycles. The van der Waals surface area contributed by atoms with E-state index in [-0.39, 0.29) is 23.8 Å². The molecule has 0 radical (unpaired) electrons. The summed E-state index contributed by atoms with van der Waals surface area (Å²) in [5, 5.41) is 0. The Morgan fingerprint density at radius 2 is 1.06 bits per heavy atom. The number of benzene rings is 3. The van der Waals surface area contributed by atoms with Crippen LogP contribution in [0.5, 0.6) is 0 Å².